The number of hydrogen-bond donors (Lipinski definition) is 2. The van der Waals surface area contributed by atoms with E-state index in [1.54, 1.807) is 12.1 Å². The molecule has 0 bridgehead atoms. The van der Waals surface area contributed by atoms with Crippen molar-refractivity contribution >= 4 is 11.9 Å². The summed E-state index contributed by atoms with van der Waals surface area (Å²) in [7, 11) is 1.51. The third kappa shape index (κ3) is 4.19. The van der Waals surface area contributed by atoms with Gasteiger partial charge in [-0.15, -0.1) is 0 Å². The first kappa shape index (κ1) is 16.3. The summed E-state index contributed by atoms with van der Waals surface area (Å²) in [6, 6.07) is 2.91. The van der Waals surface area contributed by atoms with Crippen molar-refractivity contribution in [2.45, 2.75) is 44.6 Å². The first-order chi connectivity index (χ1) is 10.6. The number of aliphatic carboxylic acids is 1. The third-order valence-electron chi connectivity index (χ3n) is 4.11. The molecule has 2 unspecified atom stereocenters. The molecule has 1 aliphatic rings. The molecular weight excluding hydrogens is 284 g/mol. The van der Waals surface area contributed by atoms with Crippen LogP contribution in [0.2, 0.25) is 0 Å². The number of nitrogens with one attached hydrogen (secondary N) is 1. The summed E-state index contributed by atoms with van der Waals surface area (Å²) in [6.45, 7) is 0. The van der Waals surface area contributed by atoms with Gasteiger partial charge in [0, 0.05) is 18.3 Å². The molecule has 1 aliphatic carbocycles. The van der Waals surface area contributed by atoms with E-state index in [1.165, 1.54) is 13.3 Å². The van der Waals surface area contributed by atoms with Gasteiger partial charge in [-0.05, 0) is 18.9 Å². The summed E-state index contributed by atoms with van der Waals surface area (Å²) in [4.78, 5) is 27.7. The summed E-state index contributed by atoms with van der Waals surface area (Å²) in [5.41, 5.74) is 0.409. The van der Waals surface area contributed by atoms with Gasteiger partial charge in [-0.2, -0.15) is 0 Å². The van der Waals surface area contributed by atoms with Crippen LogP contribution in [0.1, 0.15) is 48.9 Å². The number of pyridine rings is 1. The molecule has 0 saturated heterocycles. The lowest BCUT2D eigenvalue weighted by Crippen LogP contribution is -2.43. The smallest absolute Gasteiger partial charge is 0.308 e. The zero-order valence-electron chi connectivity index (χ0n) is 12.7. The van der Waals surface area contributed by atoms with Crippen LogP contribution in [-0.2, 0) is 4.79 Å². The van der Waals surface area contributed by atoms with Crippen LogP contribution in [0.15, 0.2) is 18.3 Å². The molecule has 1 amide bonds. The van der Waals surface area contributed by atoms with Crippen molar-refractivity contribution in [3.63, 3.8) is 0 Å². The molecule has 1 heterocycles. The fourth-order valence-corrected chi connectivity index (χ4v) is 2.84. The molecule has 6 nitrogen and oxygen atoms in total. The van der Waals surface area contributed by atoms with Crippen molar-refractivity contribution < 1.29 is 19.4 Å². The average Bonchev–Trinajstić information content (AvgIpc) is 2.49. The van der Waals surface area contributed by atoms with Gasteiger partial charge < -0.3 is 15.2 Å². The molecule has 1 saturated carbocycles. The van der Waals surface area contributed by atoms with Crippen molar-refractivity contribution in [2.75, 3.05) is 7.11 Å². The Labute approximate surface area is 129 Å². The zero-order chi connectivity index (χ0) is 15.9. The molecule has 6 heteroatoms. The van der Waals surface area contributed by atoms with E-state index in [1.807, 2.05) is 0 Å². The van der Waals surface area contributed by atoms with Crippen molar-refractivity contribution in [1.29, 1.82) is 0 Å². The van der Waals surface area contributed by atoms with Crippen LogP contribution in [0.4, 0.5) is 0 Å². The molecule has 2 atom stereocenters. The SMILES string of the molecule is COc1ccc(C(=O)NC2CCCCCCC2C(=O)O)cn1. The fraction of sp³-hybridized carbons (Fsp3) is 0.562. The van der Waals surface area contributed by atoms with Gasteiger partial charge in [0.1, 0.15) is 0 Å². The van der Waals surface area contributed by atoms with Crippen molar-refractivity contribution in [3.05, 3.63) is 23.9 Å². The van der Waals surface area contributed by atoms with Crippen LogP contribution in [0, 0.1) is 5.92 Å². The van der Waals surface area contributed by atoms with Crippen LogP contribution in [0.5, 0.6) is 5.88 Å². The Bertz CT molecular complexity index is 515. The Morgan fingerprint density at radius 2 is 1.95 bits per heavy atom. The normalized spacial score (nSPS) is 22.2. The van der Waals surface area contributed by atoms with E-state index in [0.717, 1.165) is 25.7 Å². The average molecular weight is 306 g/mol. The summed E-state index contributed by atoms with van der Waals surface area (Å²) in [6.07, 6.45) is 6.74. The van der Waals surface area contributed by atoms with E-state index in [-0.39, 0.29) is 11.9 Å². The summed E-state index contributed by atoms with van der Waals surface area (Å²) >= 11 is 0. The number of aromatic nitrogens is 1. The number of carbonyl (C=O) groups excluding carboxylic acids is 1. The highest BCUT2D eigenvalue weighted by atomic mass is 16.5. The number of carboxylic acids is 1. The number of carboxylic acid groups (broad SMARTS) is 1. The van der Waals surface area contributed by atoms with E-state index in [9.17, 15) is 14.7 Å². The standard InChI is InChI=1S/C16H22N2O4/c1-22-14-9-8-11(10-17-14)15(19)18-13-7-5-3-2-4-6-12(13)16(20)21/h8-10,12-13H,2-7H2,1H3,(H,18,19)(H,20,21). The molecular formula is C16H22N2O4. The van der Waals surface area contributed by atoms with E-state index < -0.39 is 11.9 Å². The van der Waals surface area contributed by atoms with Crippen LogP contribution in [-0.4, -0.2) is 35.1 Å². The van der Waals surface area contributed by atoms with Crippen molar-refractivity contribution in [2.24, 2.45) is 5.92 Å². The lowest BCUT2D eigenvalue weighted by atomic mass is 9.86. The Balaban J connectivity index is 2.06. The number of ether oxygens (including phenoxy) is 1. The van der Waals surface area contributed by atoms with E-state index >= 15 is 0 Å². The first-order valence-corrected chi connectivity index (χ1v) is 7.65. The molecule has 120 valence electrons. The minimum absolute atomic E-state index is 0.285. The topological polar surface area (TPSA) is 88.5 Å². The van der Waals surface area contributed by atoms with Gasteiger partial charge in [-0.1, -0.05) is 25.7 Å². The van der Waals surface area contributed by atoms with Crippen molar-refractivity contribution in [1.82, 2.24) is 10.3 Å². The van der Waals surface area contributed by atoms with E-state index in [4.69, 9.17) is 4.74 Å². The molecule has 1 aromatic heterocycles. The van der Waals surface area contributed by atoms with Gasteiger partial charge in [-0.3, -0.25) is 9.59 Å². The van der Waals surface area contributed by atoms with Crippen molar-refractivity contribution in [3.8, 4) is 5.88 Å². The Morgan fingerprint density at radius 3 is 2.55 bits per heavy atom. The second kappa shape index (κ2) is 7.77. The van der Waals surface area contributed by atoms with E-state index in [2.05, 4.69) is 10.3 Å². The lowest BCUT2D eigenvalue weighted by molar-refractivity contribution is -0.143. The Kier molecular flexibility index (Phi) is 5.75. The molecule has 0 aliphatic heterocycles. The number of rotatable bonds is 4. The lowest BCUT2D eigenvalue weighted by Gasteiger charge is -2.27. The summed E-state index contributed by atoms with van der Waals surface area (Å²) in [5.74, 6) is -1.20. The Morgan fingerprint density at radius 1 is 1.23 bits per heavy atom. The number of nitrogens with zero attached hydrogens (tertiary/aromatic N) is 1. The first-order valence-electron chi connectivity index (χ1n) is 7.65. The highest BCUT2D eigenvalue weighted by Crippen LogP contribution is 2.23. The van der Waals surface area contributed by atoms with Gasteiger partial charge >= 0.3 is 5.97 Å². The number of amides is 1. The molecule has 2 N–H and O–H groups in total. The molecule has 1 fully saturated rings. The van der Waals surface area contributed by atoms with Gasteiger partial charge in [-0.25, -0.2) is 4.98 Å². The third-order valence-corrected chi connectivity index (χ3v) is 4.11. The molecule has 1 aromatic rings. The maximum Gasteiger partial charge on any atom is 0.308 e. The van der Waals surface area contributed by atoms with Crippen LogP contribution in [0.3, 0.4) is 0 Å². The van der Waals surface area contributed by atoms with Gasteiger partial charge in [0.2, 0.25) is 5.88 Å². The maximum absolute atomic E-state index is 12.3. The summed E-state index contributed by atoms with van der Waals surface area (Å²) in [5, 5.41) is 12.3. The number of methoxy groups -OCH3 is 1. The summed E-state index contributed by atoms with van der Waals surface area (Å²) < 4.78 is 4.96. The zero-order valence-corrected chi connectivity index (χ0v) is 12.7. The quantitative estimate of drug-likeness (QED) is 0.890. The Hall–Kier alpha value is -2.11. The largest absolute Gasteiger partial charge is 0.481 e. The molecule has 2 rings (SSSR count). The molecule has 22 heavy (non-hydrogen) atoms. The van der Waals surface area contributed by atoms with Crippen LogP contribution in [0.25, 0.3) is 0 Å². The minimum Gasteiger partial charge on any atom is -0.481 e. The van der Waals surface area contributed by atoms with Gasteiger partial charge in [0.15, 0.2) is 0 Å². The second-order valence-corrected chi connectivity index (χ2v) is 5.61. The minimum atomic E-state index is -0.833. The molecule has 0 aromatic carbocycles. The monoisotopic (exact) mass is 306 g/mol. The molecule has 0 spiro atoms. The highest BCUT2D eigenvalue weighted by Gasteiger charge is 2.30. The van der Waals surface area contributed by atoms with Gasteiger partial charge in [0.25, 0.3) is 5.91 Å². The predicted octanol–water partition coefficient (Wildman–Crippen LogP) is 2.24. The second-order valence-electron chi connectivity index (χ2n) is 5.61. The fourth-order valence-electron chi connectivity index (χ4n) is 2.84. The number of hydrogen-bond acceptors (Lipinski definition) is 4. The van der Waals surface area contributed by atoms with Gasteiger partial charge in [0.05, 0.1) is 18.6 Å². The number of carbonyl (C=O) groups is 2. The van der Waals surface area contributed by atoms with Crippen LogP contribution >= 0.6 is 0 Å². The van der Waals surface area contributed by atoms with E-state index in [0.29, 0.717) is 24.3 Å². The highest BCUT2D eigenvalue weighted by molar-refractivity contribution is 5.94. The maximum atomic E-state index is 12.3. The van der Waals surface area contributed by atoms with Crippen LogP contribution < -0.4 is 10.1 Å². The predicted molar refractivity (Wildman–Crippen MR) is 80.9 cm³/mol. The molecule has 0 radical (unpaired) electrons.